The van der Waals surface area contributed by atoms with Crippen LogP contribution in [-0.2, 0) is 0 Å². The molecule has 1 nitrogen and oxygen atoms in total. The lowest BCUT2D eigenvalue weighted by Gasteiger charge is -2.23. The first-order chi connectivity index (χ1) is 8.33. The third-order valence-corrected chi connectivity index (χ3v) is 5.92. The second-order valence-corrected chi connectivity index (χ2v) is 7.23. The number of hydrogen-bond acceptors (Lipinski definition) is 2. The minimum atomic E-state index is 0.757. The average molecular weight is 312 g/mol. The standard InChI is InChI=1S/C14H18BrNS/c15-13-9-11(10-5-7-16-8-6-10)1-4-14(13)17-12-2-3-12/h1,4,9-10,12,16H,2-3,5-8H2. The van der Waals surface area contributed by atoms with E-state index >= 15 is 0 Å². The van der Waals surface area contributed by atoms with E-state index in [-0.39, 0.29) is 0 Å². The van der Waals surface area contributed by atoms with Crippen LogP contribution in [0.2, 0.25) is 0 Å². The number of hydrogen-bond donors (Lipinski definition) is 1. The predicted molar refractivity (Wildman–Crippen MR) is 77.9 cm³/mol. The van der Waals surface area contributed by atoms with Crippen LogP contribution in [0.4, 0.5) is 0 Å². The summed E-state index contributed by atoms with van der Waals surface area (Å²) in [5.74, 6) is 0.757. The molecule has 3 rings (SSSR count). The molecule has 3 heteroatoms. The molecule has 17 heavy (non-hydrogen) atoms. The van der Waals surface area contributed by atoms with Crippen molar-refractivity contribution in [3.05, 3.63) is 28.2 Å². The fourth-order valence-electron chi connectivity index (χ4n) is 2.39. The van der Waals surface area contributed by atoms with Crippen LogP contribution in [-0.4, -0.2) is 18.3 Å². The molecule has 92 valence electrons. The topological polar surface area (TPSA) is 12.0 Å². The van der Waals surface area contributed by atoms with E-state index in [0.717, 1.165) is 11.2 Å². The van der Waals surface area contributed by atoms with Crippen molar-refractivity contribution in [2.45, 2.75) is 41.7 Å². The summed E-state index contributed by atoms with van der Waals surface area (Å²) >= 11 is 5.77. The maximum absolute atomic E-state index is 3.73. The lowest BCUT2D eigenvalue weighted by atomic mass is 9.90. The van der Waals surface area contributed by atoms with Gasteiger partial charge in [0.1, 0.15) is 0 Å². The van der Waals surface area contributed by atoms with Crippen molar-refractivity contribution in [1.82, 2.24) is 5.32 Å². The van der Waals surface area contributed by atoms with Crippen LogP contribution in [0.25, 0.3) is 0 Å². The molecule has 1 aliphatic carbocycles. The molecule has 1 aromatic rings. The number of benzene rings is 1. The summed E-state index contributed by atoms with van der Waals surface area (Å²) in [5.41, 5.74) is 1.51. The van der Waals surface area contributed by atoms with Gasteiger partial charge >= 0.3 is 0 Å². The van der Waals surface area contributed by atoms with Gasteiger partial charge in [0, 0.05) is 14.6 Å². The molecule has 0 atom stereocenters. The van der Waals surface area contributed by atoms with E-state index in [1.165, 1.54) is 53.7 Å². The number of rotatable bonds is 3. The van der Waals surface area contributed by atoms with E-state index in [4.69, 9.17) is 0 Å². The Morgan fingerprint density at radius 2 is 1.88 bits per heavy atom. The first kappa shape index (κ1) is 12.1. The second kappa shape index (κ2) is 5.33. The predicted octanol–water partition coefficient (Wildman–Crippen LogP) is 4.17. The van der Waals surface area contributed by atoms with Crippen LogP contribution in [0.3, 0.4) is 0 Å². The highest BCUT2D eigenvalue weighted by Gasteiger charge is 2.24. The van der Waals surface area contributed by atoms with Gasteiger partial charge in [0.05, 0.1) is 0 Å². The van der Waals surface area contributed by atoms with Crippen molar-refractivity contribution < 1.29 is 0 Å². The monoisotopic (exact) mass is 311 g/mol. The van der Waals surface area contributed by atoms with Gasteiger partial charge in [-0.1, -0.05) is 6.07 Å². The van der Waals surface area contributed by atoms with Gasteiger partial charge in [0.25, 0.3) is 0 Å². The molecule has 2 aliphatic rings. The number of nitrogens with one attached hydrogen (secondary N) is 1. The summed E-state index contributed by atoms with van der Waals surface area (Å²) in [6.07, 6.45) is 5.35. The van der Waals surface area contributed by atoms with Crippen LogP contribution in [0.5, 0.6) is 0 Å². The van der Waals surface area contributed by atoms with Crippen LogP contribution in [0, 0.1) is 0 Å². The molecule has 1 saturated carbocycles. The molecule has 2 fully saturated rings. The van der Waals surface area contributed by atoms with Crippen molar-refractivity contribution in [2.75, 3.05) is 13.1 Å². The Morgan fingerprint density at radius 3 is 2.53 bits per heavy atom. The van der Waals surface area contributed by atoms with Crippen molar-refractivity contribution in [3.63, 3.8) is 0 Å². The van der Waals surface area contributed by atoms with Gasteiger partial charge in [-0.25, -0.2) is 0 Å². The number of piperidine rings is 1. The Kier molecular flexibility index (Phi) is 3.78. The molecule has 1 saturated heterocycles. The molecular weight excluding hydrogens is 294 g/mol. The van der Waals surface area contributed by atoms with Crippen LogP contribution >= 0.6 is 27.7 Å². The lowest BCUT2D eigenvalue weighted by Crippen LogP contribution is -2.26. The summed E-state index contributed by atoms with van der Waals surface area (Å²) in [5, 5.41) is 4.31. The van der Waals surface area contributed by atoms with Gasteiger partial charge in [-0.2, -0.15) is 0 Å². The number of halogens is 1. The fraction of sp³-hybridized carbons (Fsp3) is 0.571. The zero-order chi connectivity index (χ0) is 11.7. The quantitative estimate of drug-likeness (QED) is 0.899. The van der Waals surface area contributed by atoms with Crippen LogP contribution < -0.4 is 5.32 Å². The van der Waals surface area contributed by atoms with Gasteiger partial charge < -0.3 is 5.32 Å². The Morgan fingerprint density at radius 1 is 1.12 bits per heavy atom. The highest BCUT2D eigenvalue weighted by Crippen LogP contribution is 2.42. The Hall–Kier alpha value is 0.01000. The van der Waals surface area contributed by atoms with Gasteiger partial charge in [-0.15, -0.1) is 11.8 Å². The first-order valence-electron chi connectivity index (χ1n) is 6.50. The molecule has 1 aromatic carbocycles. The third-order valence-electron chi connectivity index (χ3n) is 3.58. The van der Waals surface area contributed by atoms with Gasteiger partial charge in [-0.05, 0) is 78.3 Å². The second-order valence-electron chi connectivity index (χ2n) is 5.03. The molecule has 0 bridgehead atoms. The van der Waals surface area contributed by atoms with Crippen molar-refractivity contribution in [1.29, 1.82) is 0 Å². The Bertz CT molecular complexity index is 397. The summed E-state index contributed by atoms with van der Waals surface area (Å²) in [6.45, 7) is 2.34. The maximum Gasteiger partial charge on any atom is 0.0314 e. The van der Waals surface area contributed by atoms with Crippen molar-refractivity contribution >= 4 is 27.7 Å². The molecule has 0 amide bonds. The van der Waals surface area contributed by atoms with Crippen molar-refractivity contribution in [3.8, 4) is 0 Å². The van der Waals surface area contributed by atoms with E-state index in [1.54, 1.807) is 0 Å². The SMILES string of the molecule is Brc1cc(C2CCNCC2)ccc1SC1CC1. The van der Waals surface area contributed by atoms with Gasteiger partial charge in [-0.3, -0.25) is 0 Å². The fourth-order valence-corrected chi connectivity index (χ4v) is 4.11. The van der Waals surface area contributed by atoms with Gasteiger partial charge in [0.2, 0.25) is 0 Å². The highest BCUT2D eigenvalue weighted by atomic mass is 79.9. The first-order valence-corrected chi connectivity index (χ1v) is 8.17. The van der Waals surface area contributed by atoms with Crippen molar-refractivity contribution in [2.24, 2.45) is 0 Å². The minimum absolute atomic E-state index is 0.757. The van der Waals surface area contributed by atoms with E-state index in [9.17, 15) is 0 Å². The largest absolute Gasteiger partial charge is 0.317 e. The van der Waals surface area contributed by atoms with Gasteiger partial charge in [0.15, 0.2) is 0 Å². The maximum atomic E-state index is 3.73. The summed E-state index contributed by atoms with van der Waals surface area (Å²) in [6, 6.07) is 7.00. The Labute approximate surface area is 116 Å². The normalized spacial score (nSPS) is 21.7. The summed E-state index contributed by atoms with van der Waals surface area (Å²) < 4.78 is 1.30. The molecule has 1 N–H and O–H groups in total. The van der Waals surface area contributed by atoms with E-state index in [2.05, 4.69) is 39.4 Å². The average Bonchev–Trinajstić information content (AvgIpc) is 3.17. The van der Waals surface area contributed by atoms with E-state index < -0.39 is 0 Å². The molecule has 0 radical (unpaired) electrons. The lowest BCUT2D eigenvalue weighted by molar-refractivity contribution is 0.460. The van der Waals surface area contributed by atoms with E-state index in [1.807, 2.05) is 11.8 Å². The summed E-state index contributed by atoms with van der Waals surface area (Å²) in [4.78, 5) is 1.42. The van der Waals surface area contributed by atoms with Crippen LogP contribution in [0.15, 0.2) is 27.6 Å². The smallest absolute Gasteiger partial charge is 0.0314 e. The zero-order valence-corrected chi connectivity index (χ0v) is 12.3. The third kappa shape index (κ3) is 3.07. The van der Waals surface area contributed by atoms with Crippen LogP contribution in [0.1, 0.15) is 37.2 Å². The summed E-state index contributed by atoms with van der Waals surface area (Å²) in [7, 11) is 0. The molecule has 0 spiro atoms. The minimum Gasteiger partial charge on any atom is -0.317 e. The molecular formula is C14H18BrNS. The molecule has 1 heterocycles. The number of thioether (sulfide) groups is 1. The highest BCUT2D eigenvalue weighted by molar-refractivity contribution is 9.10. The molecule has 0 unspecified atom stereocenters. The zero-order valence-electron chi connectivity index (χ0n) is 9.92. The molecule has 0 aromatic heterocycles. The Balaban J connectivity index is 1.74. The van der Waals surface area contributed by atoms with E-state index in [0.29, 0.717) is 0 Å². The molecule has 1 aliphatic heterocycles.